The summed E-state index contributed by atoms with van der Waals surface area (Å²) in [7, 11) is -3.96. The van der Waals surface area contributed by atoms with Gasteiger partial charge in [0.15, 0.2) is 0 Å². The van der Waals surface area contributed by atoms with E-state index in [1.807, 2.05) is 27.7 Å². The number of carbonyl (C=O) groups excluding carboxylic acids is 1. The second-order valence-electron chi connectivity index (χ2n) is 8.44. The van der Waals surface area contributed by atoms with Crippen LogP contribution in [0.1, 0.15) is 40.8 Å². The van der Waals surface area contributed by atoms with Crippen molar-refractivity contribution in [1.29, 1.82) is 0 Å². The van der Waals surface area contributed by atoms with Gasteiger partial charge in [-0.3, -0.25) is 4.79 Å². The number of hydrogen-bond acceptors (Lipinski definition) is 3. The number of nitrogens with one attached hydrogen (secondary N) is 1. The van der Waals surface area contributed by atoms with E-state index in [-0.39, 0.29) is 24.0 Å². The van der Waals surface area contributed by atoms with Gasteiger partial charge in [-0.2, -0.15) is 4.31 Å². The fourth-order valence-corrected chi connectivity index (χ4v) is 5.39. The summed E-state index contributed by atoms with van der Waals surface area (Å²) in [6.07, 6.45) is 0. The molecule has 1 amide bonds. The highest BCUT2D eigenvalue weighted by Crippen LogP contribution is 2.23. The third-order valence-corrected chi connectivity index (χ3v) is 8.08. The molecule has 1 atom stereocenters. The molecule has 0 spiro atoms. The average molecular weight is 519 g/mol. The highest BCUT2D eigenvalue weighted by molar-refractivity contribution is 7.89. The van der Waals surface area contributed by atoms with E-state index in [1.165, 1.54) is 29.8 Å². The highest BCUT2D eigenvalue weighted by atomic mass is 35.5. The van der Waals surface area contributed by atoms with Crippen molar-refractivity contribution in [2.75, 3.05) is 6.54 Å². The van der Waals surface area contributed by atoms with Crippen LogP contribution in [0.25, 0.3) is 0 Å². The second-order valence-corrected chi connectivity index (χ2v) is 11.2. The minimum absolute atomic E-state index is 0.0204. The molecule has 0 aromatic heterocycles. The first kappa shape index (κ1) is 26.2. The molecule has 0 radical (unpaired) electrons. The molecular weight excluding hydrogens is 491 g/mol. The molecule has 5 nitrogen and oxygen atoms in total. The Hall–Kier alpha value is -2.38. The fourth-order valence-electron chi connectivity index (χ4n) is 3.75. The quantitative estimate of drug-likeness (QED) is 0.398. The van der Waals surface area contributed by atoms with E-state index in [1.54, 1.807) is 24.3 Å². The monoisotopic (exact) mass is 518 g/mol. The zero-order valence-corrected chi connectivity index (χ0v) is 21.9. The van der Waals surface area contributed by atoms with Crippen molar-refractivity contribution in [1.82, 2.24) is 9.62 Å². The van der Waals surface area contributed by atoms with Gasteiger partial charge in [-0.15, -0.1) is 0 Å². The van der Waals surface area contributed by atoms with Crippen LogP contribution in [-0.2, 0) is 21.4 Å². The van der Waals surface area contributed by atoms with Crippen molar-refractivity contribution in [2.24, 2.45) is 0 Å². The van der Waals surface area contributed by atoms with E-state index in [2.05, 4.69) is 17.4 Å². The van der Waals surface area contributed by atoms with E-state index in [4.69, 9.17) is 23.2 Å². The van der Waals surface area contributed by atoms with Crippen LogP contribution < -0.4 is 5.32 Å². The van der Waals surface area contributed by atoms with Crippen molar-refractivity contribution in [3.05, 3.63) is 98.5 Å². The third-order valence-electron chi connectivity index (χ3n) is 5.77. The molecule has 34 heavy (non-hydrogen) atoms. The number of sulfonamides is 1. The maximum absolute atomic E-state index is 13.4. The van der Waals surface area contributed by atoms with Crippen LogP contribution in [0.2, 0.25) is 10.0 Å². The van der Waals surface area contributed by atoms with E-state index in [0.717, 1.165) is 21.0 Å². The van der Waals surface area contributed by atoms with E-state index in [0.29, 0.717) is 15.6 Å². The van der Waals surface area contributed by atoms with Gasteiger partial charge in [0.25, 0.3) is 0 Å². The molecule has 3 rings (SSSR count). The van der Waals surface area contributed by atoms with E-state index in [9.17, 15) is 13.2 Å². The van der Waals surface area contributed by atoms with Crippen molar-refractivity contribution >= 4 is 39.1 Å². The highest BCUT2D eigenvalue weighted by Gasteiger charge is 2.27. The summed E-state index contributed by atoms with van der Waals surface area (Å²) in [6.45, 7) is 7.66. The number of rotatable bonds is 8. The zero-order valence-electron chi connectivity index (χ0n) is 19.6. The Labute approximate surface area is 211 Å². The van der Waals surface area contributed by atoms with Crippen LogP contribution in [0.5, 0.6) is 0 Å². The number of benzene rings is 3. The lowest BCUT2D eigenvalue weighted by Gasteiger charge is -2.24. The SMILES string of the molecule is Cc1cc(C)c([C@H](C)NC(=O)CN(Cc2ccc(Cl)cc2)S(=O)(=O)c2ccc(Cl)cc2)cc1C. The van der Waals surface area contributed by atoms with Gasteiger partial charge in [0.1, 0.15) is 0 Å². The zero-order chi connectivity index (χ0) is 25.0. The van der Waals surface area contributed by atoms with Gasteiger partial charge in [0.2, 0.25) is 15.9 Å². The van der Waals surface area contributed by atoms with Gasteiger partial charge < -0.3 is 5.32 Å². The van der Waals surface area contributed by atoms with Gasteiger partial charge >= 0.3 is 0 Å². The minimum atomic E-state index is -3.96. The van der Waals surface area contributed by atoms with Crippen LogP contribution in [0, 0.1) is 20.8 Å². The van der Waals surface area contributed by atoms with E-state index >= 15 is 0 Å². The van der Waals surface area contributed by atoms with Gasteiger partial charge in [-0.1, -0.05) is 47.5 Å². The summed E-state index contributed by atoms with van der Waals surface area (Å²) >= 11 is 11.9. The lowest BCUT2D eigenvalue weighted by Crippen LogP contribution is -2.41. The van der Waals surface area contributed by atoms with Crippen molar-refractivity contribution in [3.63, 3.8) is 0 Å². The van der Waals surface area contributed by atoms with Gasteiger partial charge in [0, 0.05) is 16.6 Å². The predicted molar refractivity (Wildman–Crippen MR) is 138 cm³/mol. The van der Waals surface area contributed by atoms with Crippen molar-refractivity contribution in [2.45, 2.75) is 45.2 Å². The summed E-state index contributed by atoms with van der Waals surface area (Å²) in [6, 6.07) is 16.6. The summed E-state index contributed by atoms with van der Waals surface area (Å²) in [5.41, 5.74) is 5.11. The Balaban J connectivity index is 1.85. The summed E-state index contributed by atoms with van der Waals surface area (Å²) in [4.78, 5) is 13.1. The topological polar surface area (TPSA) is 66.5 Å². The lowest BCUT2D eigenvalue weighted by atomic mass is 9.96. The van der Waals surface area contributed by atoms with E-state index < -0.39 is 15.9 Å². The number of amides is 1. The predicted octanol–water partition coefficient (Wildman–Crippen LogP) is 5.99. The molecule has 0 unspecified atom stereocenters. The van der Waals surface area contributed by atoms with Gasteiger partial charge in [-0.25, -0.2) is 8.42 Å². The van der Waals surface area contributed by atoms with Crippen LogP contribution >= 0.6 is 23.2 Å². The third kappa shape index (κ3) is 6.39. The molecule has 1 N–H and O–H groups in total. The summed E-state index contributed by atoms with van der Waals surface area (Å²) in [5, 5.41) is 3.93. The van der Waals surface area contributed by atoms with Crippen molar-refractivity contribution in [3.8, 4) is 0 Å². The molecule has 0 bridgehead atoms. The van der Waals surface area contributed by atoms with Gasteiger partial charge in [-0.05, 0) is 91.9 Å². The molecule has 3 aromatic rings. The molecule has 180 valence electrons. The number of aryl methyl sites for hydroxylation is 3. The first-order valence-electron chi connectivity index (χ1n) is 10.8. The second kappa shape index (κ2) is 10.9. The molecule has 0 aliphatic carbocycles. The normalized spacial score (nSPS) is 12.6. The molecule has 0 fully saturated rings. The first-order valence-corrected chi connectivity index (χ1v) is 13.0. The molecule has 0 aliphatic heterocycles. The first-order chi connectivity index (χ1) is 16.0. The molecule has 0 heterocycles. The number of halogens is 2. The maximum atomic E-state index is 13.4. The standard InChI is InChI=1S/C26H28Cl2N2O3S/c1-17-13-19(3)25(14-18(17)2)20(4)29-26(31)16-30(15-21-5-7-22(27)8-6-21)34(32,33)24-11-9-23(28)10-12-24/h5-14,20H,15-16H2,1-4H3,(H,29,31)/t20-/m0/s1. The van der Waals surface area contributed by atoms with Crippen LogP contribution in [0.15, 0.2) is 65.6 Å². The Morgan fingerprint density at radius 1 is 0.882 bits per heavy atom. The van der Waals surface area contributed by atoms with Crippen LogP contribution in [-0.4, -0.2) is 25.2 Å². The minimum Gasteiger partial charge on any atom is -0.348 e. The molecule has 0 saturated heterocycles. The van der Waals surface area contributed by atoms with Gasteiger partial charge in [0.05, 0.1) is 17.5 Å². The molecule has 8 heteroatoms. The number of carbonyl (C=O) groups is 1. The maximum Gasteiger partial charge on any atom is 0.243 e. The van der Waals surface area contributed by atoms with Crippen LogP contribution in [0.3, 0.4) is 0 Å². The average Bonchev–Trinajstić information content (AvgIpc) is 2.77. The Morgan fingerprint density at radius 3 is 2.00 bits per heavy atom. The number of hydrogen-bond donors (Lipinski definition) is 1. The lowest BCUT2D eigenvalue weighted by molar-refractivity contribution is -0.122. The summed E-state index contributed by atoms with van der Waals surface area (Å²) in [5.74, 6) is -0.392. The molecule has 0 aliphatic rings. The summed E-state index contributed by atoms with van der Waals surface area (Å²) < 4.78 is 28.0. The Bertz CT molecular complexity index is 1270. The largest absolute Gasteiger partial charge is 0.348 e. The molecular formula is C26H28Cl2N2O3S. The Morgan fingerprint density at radius 2 is 1.41 bits per heavy atom. The smallest absolute Gasteiger partial charge is 0.243 e. The van der Waals surface area contributed by atoms with Crippen molar-refractivity contribution < 1.29 is 13.2 Å². The van der Waals surface area contributed by atoms with Crippen LogP contribution in [0.4, 0.5) is 0 Å². The molecule has 3 aromatic carbocycles. The molecule has 0 saturated carbocycles. The Kier molecular flexibility index (Phi) is 8.42. The fraction of sp³-hybridized carbons (Fsp3) is 0.269. The number of nitrogens with zero attached hydrogens (tertiary/aromatic N) is 1.